The number of nitrogens with one attached hydrogen (secondary N) is 1. The van der Waals surface area contributed by atoms with E-state index in [9.17, 15) is 9.90 Å². The summed E-state index contributed by atoms with van der Waals surface area (Å²) in [5, 5.41) is 18.6. The lowest BCUT2D eigenvalue weighted by molar-refractivity contribution is -0.146. The van der Waals surface area contributed by atoms with E-state index in [1.165, 1.54) is 6.33 Å². The minimum Gasteiger partial charge on any atom is -0.455 e. The fourth-order valence-electron chi connectivity index (χ4n) is 3.34. The molecule has 3 rings (SSSR count). The minimum atomic E-state index is -0.699. The largest absolute Gasteiger partial charge is 0.455 e. The summed E-state index contributed by atoms with van der Waals surface area (Å²) in [7, 11) is 0. The molecule has 0 aliphatic carbocycles. The number of fused-ring (bicyclic) bond motifs is 1. The van der Waals surface area contributed by atoms with Crippen molar-refractivity contribution in [2.24, 2.45) is 5.92 Å². The van der Waals surface area contributed by atoms with E-state index in [1.54, 1.807) is 20.8 Å². The first-order valence-corrected chi connectivity index (χ1v) is 9.78. The van der Waals surface area contributed by atoms with Crippen LogP contribution < -0.4 is 5.73 Å². The SMILES string of the molecule is CC(C)(C)OC(=O)C(=N)[C@H](CCO)Cn1cc(-c2ccccc2)c2c(N)ncnc21. The molecule has 158 valence electrons. The van der Waals surface area contributed by atoms with Gasteiger partial charge in [-0.2, -0.15) is 0 Å². The zero-order valence-electron chi connectivity index (χ0n) is 17.4. The van der Waals surface area contributed by atoms with Gasteiger partial charge in [0.1, 0.15) is 29.1 Å². The van der Waals surface area contributed by atoms with Gasteiger partial charge >= 0.3 is 5.97 Å². The lowest BCUT2D eigenvalue weighted by atomic mass is 9.99. The van der Waals surface area contributed by atoms with E-state index in [-0.39, 0.29) is 25.3 Å². The maximum atomic E-state index is 12.4. The molecular formula is C22H27N5O3. The average molecular weight is 409 g/mol. The predicted octanol–water partition coefficient (Wildman–Crippen LogP) is 3.04. The Labute approximate surface area is 175 Å². The number of carbonyl (C=O) groups excluding carboxylic acids is 1. The molecule has 0 saturated carbocycles. The molecule has 2 aromatic heterocycles. The number of ether oxygens (including phenoxy) is 1. The van der Waals surface area contributed by atoms with Gasteiger partial charge in [-0.15, -0.1) is 0 Å². The maximum Gasteiger partial charge on any atom is 0.352 e. The first-order chi connectivity index (χ1) is 14.2. The monoisotopic (exact) mass is 409 g/mol. The highest BCUT2D eigenvalue weighted by Crippen LogP contribution is 2.33. The highest BCUT2D eigenvalue weighted by atomic mass is 16.6. The molecular weight excluding hydrogens is 382 g/mol. The number of esters is 1. The van der Waals surface area contributed by atoms with Crippen LogP contribution in [-0.2, 0) is 16.1 Å². The van der Waals surface area contributed by atoms with Gasteiger partial charge < -0.3 is 20.1 Å². The number of aliphatic hydroxyl groups excluding tert-OH is 1. The predicted molar refractivity (Wildman–Crippen MR) is 116 cm³/mol. The smallest absolute Gasteiger partial charge is 0.352 e. The molecule has 0 aliphatic rings. The first-order valence-electron chi connectivity index (χ1n) is 9.78. The number of aromatic nitrogens is 3. The van der Waals surface area contributed by atoms with Crippen LogP contribution in [0.15, 0.2) is 42.9 Å². The number of nitrogens with two attached hydrogens (primary N) is 1. The second kappa shape index (κ2) is 8.62. The van der Waals surface area contributed by atoms with Gasteiger partial charge in [0.05, 0.1) is 5.39 Å². The van der Waals surface area contributed by atoms with Gasteiger partial charge in [-0.05, 0) is 32.8 Å². The highest BCUT2D eigenvalue weighted by molar-refractivity contribution is 6.36. The Hall–Kier alpha value is -3.26. The quantitative estimate of drug-likeness (QED) is 0.407. The van der Waals surface area contributed by atoms with Crippen molar-refractivity contribution < 1.29 is 14.6 Å². The van der Waals surface area contributed by atoms with Crippen molar-refractivity contribution in [1.29, 1.82) is 5.41 Å². The van der Waals surface area contributed by atoms with Crippen molar-refractivity contribution in [1.82, 2.24) is 14.5 Å². The van der Waals surface area contributed by atoms with Crippen LogP contribution in [0, 0.1) is 11.3 Å². The van der Waals surface area contributed by atoms with Gasteiger partial charge in [-0.1, -0.05) is 30.3 Å². The molecule has 0 bridgehead atoms. The Morgan fingerprint density at radius 2 is 1.97 bits per heavy atom. The van der Waals surface area contributed by atoms with E-state index in [0.717, 1.165) is 16.5 Å². The molecule has 0 fully saturated rings. The summed E-state index contributed by atoms with van der Waals surface area (Å²) in [5.41, 5.74) is 7.72. The Bertz CT molecular complexity index is 1050. The standard InChI is InChI=1S/C22H27N5O3/c1-22(2,3)30-21(29)18(23)15(9-10-28)11-27-12-16(14-7-5-4-6-8-14)17-19(24)25-13-26-20(17)27/h4-8,12-13,15,23,28H,9-11H2,1-3H3,(H2,24,25,26)/t15-/m1/s1. The van der Waals surface area contributed by atoms with E-state index in [4.69, 9.17) is 15.9 Å². The van der Waals surface area contributed by atoms with E-state index < -0.39 is 17.5 Å². The van der Waals surface area contributed by atoms with Gasteiger partial charge in [0, 0.05) is 30.8 Å². The number of hydrogen-bond donors (Lipinski definition) is 3. The van der Waals surface area contributed by atoms with Crippen LogP contribution in [0.5, 0.6) is 0 Å². The van der Waals surface area contributed by atoms with Gasteiger partial charge in [-0.3, -0.25) is 5.41 Å². The summed E-state index contributed by atoms with van der Waals surface area (Å²) in [4.78, 5) is 20.9. The first kappa shape index (κ1) is 21.4. The normalized spacial score (nSPS) is 12.7. The van der Waals surface area contributed by atoms with Crippen LogP contribution in [-0.4, -0.2) is 43.5 Å². The number of hydrogen-bond acceptors (Lipinski definition) is 7. The Morgan fingerprint density at radius 3 is 2.60 bits per heavy atom. The van der Waals surface area contributed by atoms with Crippen LogP contribution in [0.2, 0.25) is 0 Å². The molecule has 0 amide bonds. The van der Waals surface area contributed by atoms with Crippen LogP contribution in [0.4, 0.5) is 5.82 Å². The van der Waals surface area contributed by atoms with Gasteiger partial charge in [0.2, 0.25) is 0 Å². The maximum absolute atomic E-state index is 12.4. The van der Waals surface area contributed by atoms with E-state index >= 15 is 0 Å². The molecule has 0 radical (unpaired) electrons. The number of carbonyl (C=O) groups is 1. The number of nitrogen functional groups attached to an aromatic ring is 1. The Balaban J connectivity index is 2.00. The molecule has 1 aromatic carbocycles. The number of benzene rings is 1. The number of aliphatic hydroxyl groups is 1. The lowest BCUT2D eigenvalue weighted by Gasteiger charge is -2.23. The van der Waals surface area contributed by atoms with Crippen molar-refractivity contribution in [3.05, 3.63) is 42.9 Å². The van der Waals surface area contributed by atoms with Crippen LogP contribution in [0.3, 0.4) is 0 Å². The van der Waals surface area contributed by atoms with Crippen molar-refractivity contribution in [3.63, 3.8) is 0 Å². The third-order valence-electron chi connectivity index (χ3n) is 4.69. The van der Waals surface area contributed by atoms with Gasteiger partial charge in [-0.25, -0.2) is 14.8 Å². The third kappa shape index (κ3) is 4.65. The summed E-state index contributed by atoms with van der Waals surface area (Å²) in [5.74, 6) is -0.867. The van der Waals surface area contributed by atoms with Crippen LogP contribution in [0.1, 0.15) is 27.2 Å². The van der Waals surface area contributed by atoms with E-state index in [2.05, 4.69) is 9.97 Å². The molecule has 3 aromatic rings. The molecule has 0 aliphatic heterocycles. The zero-order chi connectivity index (χ0) is 21.9. The van der Waals surface area contributed by atoms with Crippen LogP contribution >= 0.6 is 0 Å². The van der Waals surface area contributed by atoms with E-state index in [0.29, 0.717) is 11.5 Å². The summed E-state index contributed by atoms with van der Waals surface area (Å²) >= 11 is 0. The average Bonchev–Trinajstić information content (AvgIpc) is 3.06. The summed E-state index contributed by atoms with van der Waals surface area (Å²) < 4.78 is 7.20. The Morgan fingerprint density at radius 1 is 1.27 bits per heavy atom. The lowest BCUT2D eigenvalue weighted by Crippen LogP contribution is -2.34. The van der Waals surface area contributed by atoms with Gasteiger partial charge in [0.15, 0.2) is 0 Å². The molecule has 4 N–H and O–H groups in total. The molecule has 2 heterocycles. The molecule has 0 unspecified atom stereocenters. The minimum absolute atomic E-state index is 0.155. The fourth-order valence-corrected chi connectivity index (χ4v) is 3.34. The van der Waals surface area contributed by atoms with Gasteiger partial charge in [0.25, 0.3) is 0 Å². The molecule has 8 heteroatoms. The van der Waals surface area contributed by atoms with Crippen molar-refractivity contribution in [2.75, 3.05) is 12.3 Å². The van der Waals surface area contributed by atoms with Crippen molar-refractivity contribution in [3.8, 4) is 11.1 Å². The summed E-state index contributed by atoms with van der Waals surface area (Å²) in [6.07, 6.45) is 3.54. The molecule has 0 spiro atoms. The topological polar surface area (TPSA) is 127 Å². The molecule has 30 heavy (non-hydrogen) atoms. The highest BCUT2D eigenvalue weighted by Gasteiger charge is 2.27. The number of anilines is 1. The third-order valence-corrected chi connectivity index (χ3v) is 4.69. The van der Waals surface area contributed by atoms with Crippen LogP contribution in [0.25, 0.3) is 22.2 Å². The summed E-state index contributed by atoms with van der Waals surface area (Å²) in [6.45, 7) is 5.38. The summed E-state index contributed by atoms with van der Waals surface area (Å²) in [6, 6.07) is 9.75. The van der Waals surface area contributed by atoms with E-state index in [1.807, 2.05) is 41.1 Å². The fraction of sp³-hybridized carbons (Fsp3) is 0.364. The number of rotatable bonds is 7. The number of nitrogens with zero attached hydrogens (tertiary/aromatic N) is 3. The van der Waals surface area contributed by atoms with Crippen molar-refractivity contribution >= 4 is 28.5 Å². The molecule has 8 nitrogen and oxygen atoms in total. The molecule has 0 saturated heterocycles. The second-order valence-electron chi connectivity index (χ2n) is 8.14. The Kier molecular flexibility index (Phi) is 6.17. The second-order valence-corrected chi connectivity index (χ2v) is 8.14. The molecule has 1 atom stereocenters. The zero-order valence-corrected chi connectivity index (χ0v) is 17.4. The van der Waals surface area contributed by atoms with Crippen molar-refractivity contribution in [2.45, 2.75) is 39.3 Å².